The molecular formula is C11H18N4. The minimum atomic E-state index is 0.331. The molecule has 1 aromatic rings. The summed E-state index contributed by atoms with van der Waals surface area (Å²) < 4.78 is 0. The maximum atomic E-state index is 4.02. The van der Waals surface area contributed by atoms with Crippen molar-refractivity contribution in [2.75, 3.05) is 26.0 Å². The molecule has 0 radical (unpaired) electrons. The molecule has 15 heavy (non-hydrogen) atoms. The van der Waals surface area contributed by atoms with Gasteiger partial charge in [0.25, 0.3) is 0 Å². The first kappa shape index (κ1) is 10.4. The molecule has 0 atom stereocenters. The van der Waals surface area contributed by atoms with Gasteiger partial charge in [-0.2, -0.15) is 5.10 Å². The van der Waals surface area contributed by atoms with E-state index in [9.17, 15) is 0 Å². The Morgan fingerprint density at radius 2 is 2.27 bits per heavy atom. The second-order valence-corrected chi connectivity index (χ2v) is 4.43. The molecule has 1 aliphatic carbocycles. The Kier molecular flexibility index (Phi) is 2.86. The highest BCUT2D eigenvalue weighted by molar-refractivity contribution is 5.32. The Morgan fingerprint density at radius 1 is 1.47 bits per heavy atom. The van der Waals surface area contributed by atoms with E-state index in [1.54, 1.807) is 6.20 Å². The Labute approximate surface area is 90.7 Å². The van der Waals surface area contributed by atoms with E-state index in [-0.39, 0.29) is 0 Å². The third-order valence-corrected chi connectivity index (χ3v) is 3.40. The van der Waals surface area contributed by atoms with Crippen LogP contribution in [-0.2, 0) is 0 Å². The Morgan fingerprint density at radius 3 is 2.73 bits per heavy atom. The van der Waals surface area contributed by atoms with Crippen LogP contribution in [0.1, 0.15) is 19.3 Å². The van der Waals surface area contributed by atoms with Crippen LogP contribution in [0.25, 0.3) is 0 Å². The average molecular weight is 206 g/mol. The molecule has 0 saturated heterocycles. The van der Waals surface area contributed by atoms with E-state index < -0.39 is 0 Å². The average Bonchev–Trinajstić information content (AvgIpc) is 2.17. The highest BCUT2D eigenvalue weighted by Gasteiger charge is 2.38. The van der Waals surface area contributed by atoms with Crippen LogP contribution in [0.15, 0.2) is 18.3 Å². The third-order valence-electron chi connectivity index (χ3n) is 3.40. The van der Waals surface area contributed by atoms with Crippen LogP contribution < -0.4 is 5.32 Å². The highest BCUT2D eigenvalue weighted by atomic mass is 15.2. The lowest BCUT2D eigenvalue weighted by Crippen LogP contribution is -2.54. The quantitative estimate of drug-likeness (QED) is 0.808. The van der Waals surface area contributed by atoms with Gasteiger partial charge in [0.2, 0.25) is 0 Å². The van der Waals surface area contributed by atoms with Crippen LogP contribution in [0.5, 0.6) is 0 Å². The number of hydrogen-bond acceptors (Lipinski definition) is 4. The van der Waals surface area contributed by atoms with Crippen molar-refractivity contribution in [1.29, 1.82) is 0 Å². The highest BCUT2D eigenvalue weighted by Crippen LogP contribution is 2.35. The second kappa shape index (κ2) is 4.14. The summed E-state index contributed by atoms with van der Waals surface area (Å²) >= 11 is 0. The lowest BCUT2D eigenvalue weighted by atomic mass is 9.75. The summed E-state index contributed by atoms with van der Waals surface area (Å²) in [6, 6.07) is 3.85. The molecule has 0 bridgehead atoms. The zero-order valence-corrected chi connectivity index (χ0v) is 9.40. The van der Waals surface area contributed by atoms with Crippen LogP contribution in [0, 0.1) is 0 Å². The van der Waals surface area contributed by atoms with Crippen molar-refractivity contribution >= 4 is 5.82 Å². The summed E-state index contributed by atoms with van der Waals surface area (Å²) in [5.74, 6) is 0.866. The molecule has 2 rings (SSSR count). The number of aromatic nitrogens is 2. The van der Waals surface area contributed by atoms with Crippen molar-refractivity contribution in [3.05, 3.63) is 18.3 Å². The summed E-state index contributed by atoms with van der Waals surface area (Å²) in [6.07, 6.45) is 5.57. The fourth-order valence-electron chi connectivity index (χ4n) is 2.02. The molecule has 0 spiro atoms. The van der Waals surface area contributed by atoms with Crippen LogP contribution >= 0.6 is 0 Å². The zero-order valence-electron chi connectivity index (χ0n) is 9.40. The fraction of sp³-hybridized carbons (Fsp3) is 0.636. The number of nitrogens with zero attached hydrogens (tertiary/aromatic N) is 3. The van der Waals surface area contributed by atoms with E-state index in [1.165, 1.54) is 19.3 Å². The molecule has 1 saturated carbocycles. The van der Waals surface area contributed by atoms with Crippen LogP contribution in [0.3, 0.4) is 0 Å². The van der Waals surface area contributed by atoms with Crippen LogP contribution in [-0.4, -0.2) is 41.3 Å². The van der Waals surface area contributed by atoms with Gasteiger partial charge in [-0.25, -0.2) is 0 Å². The molecule has 1 aromatic heterocycles. The smallest absolute Gasteiger partial charge is 0.148 e. The molecule has 0 aliphatic heterocycles. The topological polar surface area (TPSA) is 41.0 Å². The van der Waals surface area contributed by atoms with E-state index in [4.69, 9.17) is 0 Å². The summed E-state index contributed by atoms with van der Waals surface area (Å²) in [5, 5.41) is 11.2. The normalized spacial score (nSPS) is 18.6. The van der Waals surface area contributed by atoms with Gasteiger partial charge in [-0.3, -0.25) is 0 Å². The number of rotatable bonds is 4. The van der Waals surface area contributed by atoms with Crippen molar-refractivity contribution in [2.24, 2.45) is 0 Å². The molecule has 1 heterocycles. The van der Waals surface area contributed by atoms with E-state index >= 15 is 0 Å². The van der Waals surface area contributed by atoms with Gasteiger partial charge in [0.15, 0.2) is 0 Å². The van der Waals surface area contributed by atoms with Gasteiger partial charge < -0.3 is 10.2 Å². The monoisotopic (exact) mass is 206 g/mol. The molecule has 0 unspecified atom stereocenters. The Bertz CT molecular complexity index is 306. The molecule has 1 fully saturated rings. The largest absolute Gasteiger partial charge is 0.367 e. The molecular weight excluding hydrogens is 188 g/mol. The maximum absolute atomic E-state index is 4.02. The van der Waals surface area contributed by atoms with Crippen molar-refractivity contribution in [1.82, 2.24) is 15.1 Å². The van der Waals surface area contributed by atoms with Gasteiger partial charge in [-0.15, -0.1) is 5.10 Å². The SMILES string of the molecule is CN(C)C1(CNc2cccnn2)CCC1. The van der Waals surface area contributed by atoms with Gasteiger partial charge in [-0.1, -0.05) is 0 Å². The predicted molar refractivity (Wildman–Crippen MR) is 60.8 cm³/mol. The van der Waals surface area contributed by atoms with Crippen molar-refractivity contribution in [3.63, 3.8) is 0 Å². The first-order valence-electron chi connectivity index (χ1n) is 5.42. The lowest BCUT2D eigenvalue weighted by molar-refractivity contribution is 0.0738. The van der Waals surface area contributed by atoms with E-state index in [0.717, 1.165) is 12.4 Å². The third kappa shape index (κ3) is 2.09. The minimum absolute atomic E-state index is 0.331. The molecule has 1 N–H and O–H groups in total. The molecule has 1 aliphatic rings. The first-order chi connectivity index (χ1) is 7.23. The van der Waals surface area contributed by atoms with E-state index in [1.807, 2.05) is 12.1 Å². The van der Waals surface area contributed by atoms with E-state index in [2.05, 4.69) is 34.5 Å². The zero-order chi connectivity index (χ0) is 10.7. The van der Waals surface area contributed by atoms with Gasteiger partial charge in [0.1, 0.15) is 5.82 Å². The van der Waals surface area contributed by atoms with Crippen LogP contribution in [0.2, 0.25) is 0 Å². The standard InChI is InChI=1S/C11H18N4/c1-15(2)11(6-4-7-11)9-12-10-5-3-8-13-14-10/h3,5,8H,4,6-7,9H2,1-2H3,(H,12,14). The molecule has 4 nitrogen and oxygen atoms in total. The van der Waals surface area contributed by atoms with Crippen molar-refractivity contribution < 1.29 is 0 Å². The summed E-state index contributed by atoms with van der Waals surface area (Å²) in [5.41, 5.74) is 0.331. The van der Waals surface area contributed by atoms with Gasteiger partial charge >= 0.3 is 0 Å². The van der Waals surface area contributed by atoms with Gasteiger partial charge in [-0.05, 0) is 45.5 Å². The molecule has 0 amide bonds. The number of likely N-dealkylation sites (N-methyl/N-ethyl adjacent to an activating group) is 1. The summed E-state index contributed by atoms with van der Waals surface area (Å²) in [4.78, 5) is 2.32. The number of hydrogen-bond donors (Lipinski definition) is 1. The predicted octanol–water partition coefficient (Wildman–Crippen LogP) is 1.37. The van der Waals surface area contributed by atoms with Gasteiger partial charge in [0.05, 0.1) is 0 Å². The first-order valence-corrected chi connectivity index (χ1v) is 5.42. The molecule has 82 valence electrons. The molecule has 4 heteroatoms. The number of anilines is 1. The lowest BCUT2D eigenvalue weighted by Gasteiger charge is -2.47. The van der Waals surface area contributed by atoms with E-state index in [0.29, 0.717) is 5.54 Å². The summed E-state index contributed by atoms with van der Waals surface area (Å²) in [6.45, 7) is 0.957. The van der Waals surface area contributed by atoms with Gasteiger partial charge in [0, 0.05) is 18.3 Å². The molecule has 0 aromatic carbocycles. The fourth-order valence-corrected chi connectivity index (χ4v) is 2.02. The summed E-state index contributed by atoms with van der Waals surface area (Å²) in [7, 11) is 4.30. The van der Waals surface area contributed by atoms with Crippen LogP contribution in [0.4, 0.5) is 5.82 Å². The Balaban J connectivity index is 1.92. The van der Waals surface area contributed by atoms with Crippen molar-refractivity contribution in [3.8, 4) is 0 Å². The second-order valence-electron chi connectivity index (χ2n) is 4.43. The number of nitrogens with one attached hydrogen (secondary N) is 1. The minimum Gasteiger partial charge on any atom is -0.367 e. The van der Waals surface area contributed by atoms with Crippen molar-refractivity contribution in [2.45, 2.75) is 24.8 Å². The Hall–Kier alpha value is -1.16. The maximum Gasteiger partial charge on any atom is 0.148 e.